The molecular formula is C9H15N3O. The van der Waals surface area contributed by atoms with Crippen molar-refractivity contribution >= 4 is 5.95 Å². The van der Waals surface area contributed by atoms with Gasteiger partial charge in [0.15, 0.2) is 5.75 Å². The van der Waals surface area contributed by atoms with Crippen LogP contribution in [0.1, 0.15) is 20.8 Å². The van der Waals surface area contributed by atoms with Crippen molar-refractivity contribution in [1.82, 2.24) is 9.97 Å². The van der Waals surface area contributed by atoms with Crippen LogP contribution in [0.4, 0.5) is 5.95 Å². The van der Waals surface area contributed by atoms with E-state index in [1.165, 1.54) is 0 Å². The van der Waals surface area contributed by atoms with Crippen LogP contribution in [0.15, 0.2) is 12.4 Å². The highest BCUT2D eigenvalue weighted by atomic mass is 16.5. The van der Waals surface area contributed by atoms with Crippen LogP contribution < -0.4 is 10.5 Å². The van der Waals surface area contributed by atoms with Crippen molar-refractivity contribution in [3.63, 3.8) is 0 Å². The largest absolute Gasteiger partial charge is 0.487 e. The first kappa shape index (κ1) is 9.77. The maximum atomic E-state index is 5.55. The number of nitrogens with zero attached hydrogens (tertiary/aromatic N) is 2. The predicted octanol–water partition coefficient (Wildman–Crippen LogP) is 1.48. The molecule has 4 nitrogen and oxygen atoms in total. The summed E-state index contributed by atoms with van der Waals surface area (Å²) >= 11 is 0. The highest BCUT2D eigenvalue weighted by molar-refractivity contribution is 5.21. The monoisotopic (exact) mass is 181 g/mol. The second kappa shape index (κ2) is 4.07. The number of rotatable bonds is 3. The topological polar surface area (TPSA) is 61.0 Å². The summed E-state index contributed by atoms with van der Waals surface area (Å²) in [6.45, 7) is 6.21. The van der Waals surface area contributed by atoms with E-state index in [4.69, 9.17) is 10.5 Å². The Kier molecular flexibility index (Phi) is 3.06. The summed E-state index contributed by atoms with van der Waals surface area (Å²) in [5.41, 5.74) is 5.34. The molecule has 1 heterocycles. The fourth-order valence-electron chi connectivity index (χ4n) is 0.738. The van der Waals surface area contributed by atoms with E-state index in [2.05, 4.69) is 23.8 Å². The van der Waals surface area contributed by atoms with Gasteiger partial charge in [-0.25, -0.2) is 9.97 Å². The lowest BCUT2D eigenvalue weighted by Gasteiger charge is -2.17. The molecule has 72 valence electrons. The smallest absolute Gasteiger partial charge is 0.220 e. The zero-order valence-corrected chi connectivity index (χ0v) is 8.19. The molecule has 1 rings (SSSR count). The first-order valence-electron chi connectivity index (χ1n) is 4.33. The molecule has 0 aromatic carbocycles. The van der Waals surface area contributed by atoms with Gasteiger partial charge >= 0.3 is 0 Å². The molecule has 1 aromatic rings. The minimum absolute atomic E-state index is 0.159. The van der Waals surface area contributed by atoms with Gasteiger partial charge in [-0.05, 0) is 12.8 Å². The molecule has 4 heteroatoms. The lowest BCUT2D eigenvalue weighted by Crippen LogP contribution is -2.18. The summed E-state index contributed by atoms with van der Waals surface area (Å²) in [6, 6.07) is 0. The van der Waals surface area contributed by atoms with Crippen molar-refractivity contribution in [2.75, 3.05) is 5.73 Å². The first-order valence-corrected chi connectivity index (χ1v) is 4.33. The number of ether oxygens (including phenoxy) is 1. The van der Waals surface area contributed by atoms with Crippen LogP contribution >= 0.6 is 0 Å². The van der Waals surface area contributed by atoms with Gasteiger partial charge in [-0.2, -0.15) is 0 Å². The minimum Gasteiger partial charge on any atom is -0.487 e. The van der Waals surface area contributed by atoms with Crippen LogP contribution in [0.5, 0.6) is 5.75 Å². The van der Waals surface area contributed by atoms with Gasteiger partial charge in [-0.3, -0.25) is 0 Å². The number of aromatic nitrogens is 2. The van der Waals surface area contributed by atoms with Crippen LogP contribution in [0.2, 0.25) is 0 Å². The number of nitrogens with two attached hydrogens (primary N) is 1. The molecule has 1 aromatic heterocycles. The summed E-state index contributed by atoms with van der Waals surface area (Å²) < 4.78 is 5.55. The zero-order valence-electron chi connectivity index (χ0n) is 8.19. The zero-order chi connectivity index (χ0) is 9.84. The van der Waals surface area contributed by atoms with Gasteiger partial charge in [-0.1, -0.05) is 13.8 Å². The van der Waals surface area contributed by atoms with Crippen molar-refractivity contribution in [2.45, 2.75) is 26.9 Å². The minimum atomic E-state index is 0.159. The third-order valence-corrected chi connectivity index (χ3v) is 1.91. The Morgan fingerprint density at radius 2 is 1.77 bits per heavy atom. The highest BCUT2D eigenvalue weighted by Crippen LogP contribution is 2.13. The van der Waals surface area contributed by atoms with E-state index in [0.717, 1.165) is 0 Å². The molecule has 1 atom stereocenters. The Balaban J connectivity index is 2.59. The van der Waals surface area contributed by atoms with Gasteiger partial charge in [0.2, 0.25) is 5.95 Å². The average molecular weight is 181 g/mol. The van der Waals surface area contributed by atoms with Gasteiger partial charge in [0.05, 0.1) is 18.5 Å². The van der Waals surface area contributed by atoms with Crippen molar-refractivity contribution in [3.8, 4) is 5.75 Å². The molecule has 0 aliphatic heterocycles. The predicted molar refractivity (Wildman–Crippen MR) is 51.4 cm³/mol. The van der Waals surface area contributed by atoms with Crippen molar-refractivity contribution in [1.29, 1.82) is 0 Å². The fraction of sp³-hybridized carbons (Fsp3) is 0.556. The van der Waals surface area contributed by atoms with E-state index < -0.39 is 0 Å². The summed E-state index contributed by atoms with van der Waals surface area (Å²) in [4.78, 5) is 7.67. The average Bonchev–Trinajstić information content (AvgIpc) is 2.08. The lowest BCUT2D eigenvalue weighted by atomic mass is 10.1. The molecule has 0 unspecified atom stereocenters. The molecule has 0 radical (unpaired) electrons. The van der Waals surface area contributed by atoms with Crippen LogP contribution in [0, 0.1) is 5.92 Å². The molecular weight excluding hydrogens is 166 g/mol. The Morgan fingerprint density at radius 1 is 1.23 bits per heavy atom. The molecule has 0 bridgehead atoms. The van der Waals surface area contributed by atoms with E-state index in [-0.39, 0.29) is 12.1 Å². The number of nitrogen functional groups attached to an aromatic ring is 1. The van der Waals surface area contributed by atoms with E-state index in [1.807, 2.05) is 6.92 Å². The summed E-state index contributed by atoms with van der Waals surface area (Å²) in [6.07, 6.45) is 3.33. The Labute approximate surface area is 78.1 Å². The fourth-order valence-corrected chi connectivity index (χ4v) is 0.738. The molecule has 13 heavy (non-hydrogen) atoms. The highest BCUT2D eigenvalue weighted by Gasteiger charge is 2.08. The van der Waals surface area contributed by atoms with E-state index >= 15 is 0 Å². The molecule has 0 aliphatic rings. The van der Waals surface area contributed by atoms with Gasteiger partial charge in [-0.15, -0.1) is 0 Å². The van der Waals surface area contributed by atoms with Gasteiger partial charge in [0.1, 0.15) is 0 Å². The normalized spacial score (nSPS) is 12.9. The van der Waals surface area contributed by atoms with Gasteiger partial charge in [0.25, 0.3) is 0 Å². The van der Waals surface area contributed by atoms with Gasteiger partial charge in [0, 0.05) is 0 Å². The standard InChI is InChI=1S/C9H15N3O/c1-6(2)7(3)13-8-4-11-9(10)12-5-8/h4-7H,1-3H3,(H2,10,11,12)/t7-/m1/s1. The molecule has 0 aliphatic carbocycles. The van der Waals surface area contributed by atoms with Crippen molar-refractivity contribution in [2.24, 2.45) is 5.92 Å². The van der Waals surface area contributed by atoms with Crippen molar-refractivity contribution in [3.05, 3.63) is 12.4 Å². The Bertz CT molecular complexity index is 258. The maximum Gasteiger partial charge on any atom is 0.220 e. The van der Waals surface area contributed by atoms with E-state index in [9.17, 15) is 0 Å². The summed E-state index contributed by atoms with van der Waals surface area (Å²) in [7, 11) is 0. The summed E-state index contributed by atoms with van der Waals surface area (Å²) in [5.74, 6) is 1.40. The van der Waals surface area contributed by atoms with Crippen LogP contribution in [0.25, 0.3) is 0 Å². The molecule has 2 N–H and O–H groups in total. The maximum absolute atomic E-state index is 5.55. The van der Waals surface area contributed by atoms with E-state index in [0.29, 0.717) is 11.7 Å². The third kappa shape index (κ3) is 2.89. The molecule has 0 spiro atoms. The Morgan fingerprint density at radius 3 is 2.23 bits per heavy atom. The second-order valence-electron chi connectivity index (χ2n) is 3.34. The number of anilines is 1. The third-order valence-electron chi connectivity index (χ3n) is 1.91. The first-order chi connectivity index (χ1) is 6.09. The molecule has 0 saturated heterocycles. The van der Waals surface area contributed by atoms with Crippen LogP contribution in [-0.4, -0.2) is 16.1 Å². The van der Waals surface area contributed by atoms with Crippen molar-refractivity contribution < 1.29 is 4.74 Å². The Hall–Kier alpha value is -1.32. The molecule has 0 saturated carbocycles. The van der Waals surface area contributed by atoms with E-state index in [1.54, 1.807) is 12.4 Å². The van der Waals surface area contributed by atoms with Crippen LogP contribution in [-0.2, 0) is 0 Å². The second-order valence-corrected chi connectivity index (χ2v) is 3.34. The number of hydrogen-bond donors (Lipinski definition) is 1. The SMILES string of the molecule is CC(C)[C@@H](C)Oc1cnc(N)nc1. The number of hydrogen-bond acceptors (Lipinski definition) is 4. The summed E-state index contributed by atoms with van der Waals surface area (Å²) in [5, 5.41) is 0. The molecule has 0 amide bonds. The van der Waals surface area contributed by atoms with Crippen LogP contribution in [0.3, 0.4) is 0 Å². The molecule has 0 fully saturated rings. The lowest BCUT2D eigenvalue weighted by molar-refractivity contribution is 0.169. The quantitative estimate of drug-likeness (QED) is 0.767. The van der Waals surface area contributed by atoms with Gasteiger partial charge < -0.3 is 10.5 Å².